The maximum absolute atomic E-state index is 12.7. The van der Waals surface area contributed by atoms with Crippen LogP contribution in [0.3, 0.4) is 0 Å². The van der Waals surface area contributed by atoms with Gasteiger partial charge in [-0.25, -0.2) is 4.79 Å². The first kappa shape index (κ1) is 23.1. The Bertz CT molecular complexity index is 965. The van der Waals surface area contributed by atoms with Gasteiger partial charge >= 0.3 is 6.03 Å². The molecule has 0 radical (unpaired) electrons. The van der Waals surface area contributed by atoms with E-state index in [0.717, 1.165) is 10.5 Å². The fraction of sp³-hybridized carbons (Fsp3) is 0.348. The molecule has 0 saturated carbocycles. The van der Waals surface area contributed by atoms with Crippen molar-refractivity contribution in [1.82, 2.24) is 15.5 Å². The molecule has 1 aliphatic rings. The zero-order valence-corrected chi connectivity index (χ0v) is 18.0. The van der Waals surface area contributed by atoms with Crippen LogP contribution < -0.4 is 20.1 Å². The summed E-state index contributed by atoms with van der Waals surface area (Å²) in [5.41, 5.74) is 1.65. The van der Waals surface area contributed by atoms with E-state index in [9.17, 15) is 19.5 Å². The Morgan fingerprint density at radius 2 is 1.81 bits per heavy atom. The van der Waals surface area contributed by atoms with Gasteiger partial charge in [-0.3, -0.25) is 14.5 Å². The lowest BCUT2D eigenvalue weighted by Gasteiger charge is -2.18. The monoisotopic (exact) mass is 441 g/mol. The smallest absolute Gasteiger partial charge is 0.325 e. The third-order valence-corrected chi connectivity index (χ3v) is 5.20. The highest BCUT2D eigenvalue weighted by molar-refractivity contribution is 6.05. The third-order valence-electron chi connectivity index (χ3n) is 5.20. The summed E-state index contributed by atoms with van der Waals surface area (Å²) in [5, 5.41) is 14.9. The normalized spacial score (nSPS) is 16.5. The van der Waals surface area contributed by atoms with E-state index < -0.39 is 29.9 Å². The second-order valence-corrected chi connectivity index (χ2v) is 7.46. The summed E-state index contributed by atoms with van der Waals surface area (Å²) in [5.74, 6) is 0.119. The number of methoxy groups -OCH3 is 2. The first-order valence-corrected chi connectivity index (χ1v) is 10.2. The number of ether oxygens (including phenoxy) is 2. The number of nitrogens with zero attached hydrogens (tertiary/aromatic N) is 1. The quantitative estimate of drug-likeness (QED) is 0.478. The molecule has 3 N–H and O–H groups in total. The van der Waals surface area contributed by atoms with E-state index >= 15 is 0 Å². The average molecular weight is 441 g/mol. The second kappa shape index (κ2) is 10.6. The Kier molecular flexibility index (Phi) is 7.67. The molecule has 0 aliphatic carbocycles. The van der Waals surface area contributed by atoms with Crippen molar-refractivity contribution in [2.75, 3.05) is 20.8 Å². The highest BCUT2D eigenvalue weighted by Gasteiger charge is 2.39. The number of amides is 4. The summed E-state index contributed by atoms with van der Waals surface area (Å²) in [7, 11) is 3.02. The number of imide groups is 1. The van der Waals surface area contributed by atoms with E-state index in [1.807, 2.05) is 30.3 Å². The molecule has 170 valence electrons. The SMILES string of the molecule is COc1ccc(CN2C(=O)N[C@H](CC(=O)N[C@H](CO)Cc3ccccc3)C2=O)cc1OC. The maximum Gasteiger partial charge on any atom is 0.325 e. The van der Waals surface area contributed by atoms with Gasteiger partial charge in [0.15, 0.2) is 11.5 Å². The molecule has 32 heavy (non-hydrogen) atoms. The first-order chi connectivity index (χ1) is 15.4. The number of benzene rings is 2. The lowest BCUT2D eigenvalue weighted by atomic mass is 10.1. The number of aliphatic hydroxyl groups excluding tert-OH is 1. The van der Waals surface area contributed by atoms with Crippen LogP contribution in [-0.2, 0) is 22.6 Å². The van der Waals surface area contributed by atoms with E-state index in [4.69, 9.17) is 9.47 Å². The molecule has 1 heterocycles. The second-order valence-electron chi connectivity index (χ2n) is 7.46. The van der Waals surface area contributed by atoms with Crippen molar-refractivity contribution in [2.24, 2.45) is 0 Å². The molecule has 0 unspecified atom stereocenters. The van der Waals surface area contributed by atoms with E-state index in [-0.39, 0.29) is 19.6 Å². The summed E-state index contributed by atoms with van der Waals surface area (Å²) in [4.78, 5) is 38.6. The van der Waals surface area contributed by atoms with Gasteiger partial charge in [-0.1, -0.05) is 36.4 Å². The van der Waals surface area contributed by atoms with Crippen LogP contribution in [0.4, 0.5) is 4.79 Å². The summed E-state index contributed by atoms with van der Waals surface area (Å²) >= 11 is 0. The number of carbonyl (C=O) groups is 3. The highest BCUT2D eigenvalue weighted by Crippen LogP contribution is 2.28. The molecule has 1 aliphatic heterocycles. The molecule has 1 saturated heterocycles. The van der Waals surface area contributed by atoms with Gasteiger partial charge in [0, 0.05) is 0 Å². The van der Waals surface area contributed by atoms with Gasteiger partial charge in [0.05, 0.1) is 39.8 Å². The lowest BCUT2D eigenvalue weighted by molar-refractivity contribution is -0.131. The minimum absolute atomic E-state index is 0.0381. The van der Waals surface area contributed by atoms with Gasteiger partial charge in [0.2, 0.25) is 5.91 Å². The Balaban J connectivity index is 1.58. The molecule has 1 fully saturated rings. The van der Waals surface area contributed by atoms with E-state index in [1.165, 1.54) is 14.2 Å². The maximum atomic E-state index is 12.7. The number of urea groups is 1. The van der Waals surface area contributed by atoms with Crippen LogP contribution in [0.15, 0.2) is 48.5 Å². The van der Waals surface area contributed by atoms with Crippen LogP contribution in [0, 0.1) is 0 Å². The molecule has 0 aromatic heterocycles. The Morgan fingerprint density at radius 1 is 1.09 bits per heavy atom. The molecule has 2 aromatic carbocycles. The average Bonchev–Trinajstić information content (AvgIpc) is 3.06. The molecular weight excluding hydrogens is 414 g/mol. The predicted octanol–water partition coefficient (Wildman–Crippen LogP) is 1.23. The zero-order chi connectivity index (χ0) is 23.1. The number of hydrogen-bond acceptors (Lipinski definition) is 6. The summed E-state index contributed by atoms with van der Waals surface area (Å²) in [6, 6.07) is 12.6. The largest absolute Gasteiger partial charge is 0.493 e. The van der Waals surface area contributed by atoms with Crippen molar-refractivity contribution in [3.8, 4) is 11.5 Å². The Hall–Kier alpha value is -3.59. The topological polar surface area (TPSA) is 117 Å². The van der Waals surface area contributed by atoms with Crippen LogP contribution in [0.1, 0.15) is 17.5 Å². The number of aliphatic hydroxyl groups is 1. The van der Waals surface area contributed by atoms with Crippen LogP contribution in [0.25, 0.3) is 0 Å². The fourth-order valence-electron chi connectivity index (χ4n) is 3.56. The standard InChI is InChI=1S/C23H27N3O6/c1-31-19-9-8-16(11-20(19)32-2)13-26-22(29)18(25-23(26)30)12-21(28)24-17(14-27)10-15-6-4-3-5-7-15/h3-9,11,17-18,27H,10,12-14H2,1-2H3,(H,24,28)(H,25,30)/t17-,18+/m0/s1. The minimum atomic E-state index is -0.960. The van der Waals surface area contributed by atoms with Crippen molar-refractivity contribution in [3.63, 3.8) is 0 Å². The van der Waals surface area contributed by atoms with Crippen molar-refractivity contribution in [1.29, 1.82) is 0 Å². The number of carbonyl (C=O) groups excluding carboxylic acids is 3. The molecule has 0 spiro atoms. The number of rotatable bonds is 10. The molecule has 9 heteroatoms. The van der Waals surface area contributed by atoms with Gasteiger partial charge in [-0.05, 0) is 29.7 Å². The Morgan fingerprint density at radius 3 is 2.47 bits per heavy atom. The molecule has 3 rings (SSSR count). The van der Waals surface area contributed by atoms with Crippen LogP contribution >= 0.6 is 0 Å². The van der Waals surface area contributed by atoms with Crippen LogP contribution in [0.5, 0.6) is 11.5 Å². The molecule has 2 atom stereocenters. The van der Waals surface area contributed by atoms with Crippen LogP contribution in [-0.4, -0.2) is 60.8 Å². The van der Waals surface area contributed by atoms with Crippen molar-refractivity contribution in [3.05, 3.63) is 59.7 Å². The van der Waals surface area contributed by atoms with Gasteiger partial charge in [0.1, 0.15) is 6.04 Å². The fourth-order valence-corrected chi connectivity index (χ4v) is 3.56. The number of nitrogens with one attached hydrogen (secondary N) is 2. The van der Waals surface area contributed by atoms with Gasteiger partial charge in [-0.15, -0.1) is 0 Å². The Labute approximate surface area is 186 Å². The molecule has 2 aromatic rings. The zero-order valence-electron chi connectivity index (χ0n) is 18.0. The third kappa shape index (κ3) is 5.55. The molecular formula is C23H27N3O6. The van der Waals surface area contributed by atoms with Gasteiger partial charge in [0.25, 0.3) is 5.91 Å². The summed E-state index contributed by atoms with van der Waals surface area (Å²) in [6.45, 7) is -0.201. The predicted molar refractivity (Wildman–Crippen MR) is 116 cm³/mol. The lowest BCUT2D eigenvalue weighted by Crippen LogP contribution is -2.43. The van der Waals surface area contributed by atoms with E-state index in [1.54, 1.807) is 18.2 Å². The van der Waals surface area contributed by atoms with Gasteiger partial charge in [-0.2, -0.15) is 0 Å². The van der Waals surface area contributed by atoms with E-state index in [2.05, 4.69) is 10.6 Å². The summed E-state index contributed by atoms with van der Waals surface area (Å²) < 4.78 is 10.5. The van der Waals surface area contributed by atoms with E-state index in [0.29, 0.717) is 23.5 Å². The number of hydrogen-bond donors (Lipinski definition) is 3. The van der Waals surface area contributed by atoms with Gasteiger partial charge < -0.3 is 25.2 Å². The highest BCUT2D eigenvalue weighted by atomic mass is 16.5. The van der Waals surface area contributed by atoms with Crippen molar-refractivity contribution >= 4 is 17.8 Å². The first-order valence-electron chi connectivity index (χ1n) is 10.2. The molecule has 0 bridgehead atoms. The minimum Gasteiger partial charge on any atom is -0.493 e. The van der Waals surface area contributed by atoms with Crippen molar-refractivity contribution < 1.29 is 29.0 Å². The molecule has 4 amide bonds. The summed E-state index contributed by atoms with van der Waals surface area (Å²) in [6.07, 6.45) is 0.248. The van der Waals surface area contributed by atoms with Crippen molar-refractivity contribution in [2.45, 2.75) is 31.5 Å². The molecule has 9 nitrogen and oxygen atoms in total. The van der Waals surface area contributed by atoms with Crippen LogP contribution in [0.2, 0.25) is 0 Å².